The van der Waals surface area contributed by atoms with Crippen LogP contribution in [0.2, 0.25) is 0 Å². The van der Waals surface area contributed by atoms with Crippen molar-refractivity contribution >= 4 is 23.2 Å². The topological polar surface area (TPSA) is 67.4 Å². The van der Waals surface area contributed by atoms with Gasteiger partial charge in [-0.05, 0) is 50.1 Å². The molecule has 2 amide bonds. The molecule has 3 rings (SSSR count). The maximum atomic E-state index is 12.6. The zero-order valence-corrected chi connectivity index (χ0v) is 15.7. The first kappa shape index (κ1) is 19.0. The Balaban J connectivity index is 1.67. The lowest BCUT2D eigenvalue weighted by Gasteiger charge is -2.20. The molecule has 1 aliphatic carbocycles. The predicted molar refractivity (Wildman–Crippen MR) is 107 cm³/mol. The molecule has 0 spiro atoms. The van der Waals surface area contributed by atoms with Crippen molar-refractivity contribution in [3.8, 4) is 5.75 Å². The van der Waals surface area contributed by atoms with Gasteiger partial charge in [0, 0.05) is 17.2 Å². The Bertz CT molecular complexity index is 798. The Kier molecular flexibility index (Phi) is 6.47. The van der Waals surface area contributed by atoms with Crippen molar-refractivity contribution in [2.45, 2.75) is 39.0 Å². The minimum Gasteiger partial charge on any atom is -0.492 e. The smallest absolute Gasteiger partial charge is 0.255 e. The number of nitrogens with one attached hydrogen (secondary N) is 2. The summed E-state index contributed by atoms with van der Waals surface area (Å²) in [5, 5.41) is 5.84. The fourth-order valence-corrected chi connectivity index (χ4v) is 3.39. The highest BCUT2D eigenvalue weighted by atomic mass is 16.5. The molecule has 0 bridgehead atoms. The van der Waals surface area contributed by atoms with Crippen LogP contribution < -0.4 is 15.4 Å². The van der Waals surface area contributed by atoms with E-state index in [9.17, 15) is 9.59 Å². The van der Waals surface area contributed by atoms with Gasteiger partial charge in [-0.3, -0.25) is 9.59 Å². The first-order valence-corrected chi connectivity index (χ1v) is 9.61. The van der Waals surface area contributed by atoms with Crippen LogP contribution in [0.15, 0.2) is 48.5 Å². The van der Waals surface area contributed by atoms with Gasteiger partial charge in [0.15, 0.2) is 0 Å². The Morgan fingerprint density at radius 2 is 1.78 bits per heavy atom. The first-order chi connectivity index (χ1) is 13.2. The van der Waals surface area contributed by atoms with E-state index in [1.165, 1.54) is 6.42 Å². The van der Waals surface area contributed by atoms with Crippen LogP contribution in [0.4, 0.5) is 11.4 Å². The molecule has 0 unspecified atom stereocenters. The van der Waals surface area contributed by atoms with Crippen molar-refractivity contribution in [2.24, 2.45) is 5.92 Å². The van der Waals surface area contributed by atoms with Gasteiger partial charge in [-0.2, -0.15) is 0 Å². The monoisotopic (exact) mass is 366 g/mol. The molecule has 5 heteroatoms. The second-order valence-electron chi connectivity index (χ2n) is 6.79. The molecule has 27 heavy (non-hydrogen) atoms. The van der Waals surface area contributed by atoms with E-state index in [2.05, 4.69) is 10.6 Å². The van der Waals surface area contributed by atoms with Gasteiger partial charge in [-0.1, -0.05) is 37.5 Å². The molecule has 2 N–H and O–H groups in total. The molecule has 0 heterocycles. The number of amides is 2. The highest BCUT2D eigenvalue weighted by molar-refractivity contribution is 6.06. The van der Waals surface area contributed by atoms with Crippen molar-refractivity contribution in [3.05, 3.63) is 54.1 Å². The normalized spacial score (nSPS) is 14.4. The minimum atomic E-state index is -0.240. The zero-order chi connectivity index (χ0) is 19.1. The molecular formula is C22H26N2O3. The van der Waals surface area contributed by atoms with E-state index in [0.29, 0.717) is 29.3 Å². The van der Waals surface area contributed by atoms with E-state index in [1.54, 1.807) is 24.3 Å². The van der Waals surface area contributed by atoms with Crippen LogP contribution in [0.25, 0.3) is 0 Å². The second kappa shape index (κ2) is 9.21. The van der Waals surface area contributed by atoms with Gasteiger partial charge in [0.25, 0.3) is 5.91 Å². The van der Waals surface area contributed by atoms with Crippen LogP contribution in [0, 0.1) is 5.92 Å². The molecular weight excluding hydrogens is 340 g/mol. The molecule has 2 aromatic rings. The summed E-state index contributed by atoms with van der Waals surface area (Å²) in [5.41, 5.74) is 1.76. The van der Waals surface area contributed by atoms with Crippen molar-refractivity contribution < 1.29 is 14.3 Å². The van der Waals surface area contributed by atoms with E-state index in [-0.39, 0.29) is 17.7 Å². The van der Waals surface area contributed by atoms with Gasteiger partial charge in [0.2, 0.25) is 5.91 Å². The number of hydrogen-bond acceptors (Lipinski definition) is 3. The van der Waals surface area contributed by atoms with E-state index in [1.807, 2.05) is 31.2 Å². The molecule has 0 aliphatic heterocycles. The molecule has 1 aliphatic rings. The highest BCUT2D eigenvalue weighted by Gasteiger charge is 2.21. The van der Waals surface area contributed by atoms with Crippen LogP contribution >= 0.6 is 0 Å². The molecule has 0 radical (unpaired) electrons. The minimum absolute atomic E-state index is 0.0500. The Morgan fingerprint density at radius 1 is 1.00 bits per heavy atom. The average molecular weight is 366 g/mol. The van der Waals surface area contributed by atoms with Gasteiger partial charge < -0.3 is 15.4 Å². The average Bonchev–Trinajstić information content (AvgIpc) is 2.70. The van der Waals surface area contributed by atoms with Crippen molar-refractivity contribution in [3.63, 3.8) is 0 Å². The number of carbonyl (C=O) groups is 2. The first-order valence-electron chi connectivity index (χ1n) is 9.61. The lowest BCUT2D eigenvalue weighted by Crippen LogP contribution is -2.24. The number of para-hydroxylation sites is 2. The largest absolute Gasteiger partial charge is 0.492 e. The van der Waals surface area contributed by atoms with Crippen LogP contribution in [-0.4, -0.2) is 18.4 Å². The SMILES string of the molecule is CCOc1ccccc1NC(=O)c1cccc(NC(=O)C2CCCCC2)c1. The zero-order valence-electron chi connectivity index (χ0n) is 15.7. The van der Waals surface area contributed by atoms with Crippen LogP contribution in [0.1, 0.15) is 49.4 Å². The van der Waals surface area contributed by atoms with E-state index in [0.717, 1.165) is 25.7 Å². The van der Waals surface area contributed by atoms with Gasteiger partial charge in [-0.15, -0.1) is 0 Å². The molecule has 0 saturated heterocycles. The maximum absolute atomic E-state index is 12.6. The van der Waals surface area contributed by atoms with Gasteiger partial charge in [0.1, 0.15) is 5.75 Å². The number of hydrogen-bond donors (Lipinski definition) is 2. The van der Waals surface area contributed by atoms with Gasteiger partial charge >= 0.3 is 0 Å². The summed E-state index contributed by atoms with van der Waals surface area (Å²) in [5.74, 6) is 0.522. The summed E-state index contributed by atoms with van der Waals surface area (Å²) in [6, 6.07) is 14.4. The van der Waals surface area contributed by atoms with Crippen LogP contribution in [-0.2, 0) is 4.79 Å². The quantitative estimate of drug-likeness (QED) is 0.767. The van der Waals surface area contributed by atoms with E-state index >= 15 is 0 Å². The second-order valence-corrected chi connectivity index (χ2v) is 6.79. The van der Waals surface area contributed by atoms with Crippen molar-refractivity contribution in [2.75, 3.05) is 17.2 Å². The molecule has 0 atom stereocenters. The number of anilines is 2. The fourth-order valence-electron chi connectivity index (χ4n) is 3.39. The molecule has 1 fully saturated rings. The third-order valence-electron chi connectivity index (χ3n) is 4.80. The van der Waals surface area contributed by atoms with Crippen molar-refractivity contribution in [1.29, 1.82) is 0 Å². The summed E-state index contributed by atoms with van der Waals surface area (Å²) < 4.78 is 5.55. The highest BCUT2D eigenvalue weighted by Crippen LogP contribution is 2.26. The Morgan fingerprint density at radius 3 is 2.56 bits per heavy atom. The Labute approximate surface area is 160 Å². The maximum Gasteiger partial charge on any atom is 0.255 e. The van der Waals surface area contributed by atoms with Crippen LogP contribution in [0.3, 0.4) is 0 Å². The summed E-state index contributed by atoms with van der Waals surface area (Å²) in [7, 11) is 0. The summed E-state index contributed by atoms with van der Waals surface area (Å²) >= 11 is 0. The number of benzene rings is 2. The molecule has 0 aromatic heterocycles. The summed E-state index contributed by atoms with van der Waals surface area (Å²) in [6.07, 6.45) is 5.32. The standard InChI is InChI=1S/C22H26N2O3/c1-2-27-20-14-7-6-13-19(20)24-22(26)17-11-8-12-18(15-17)23-21(25)16-9-4-3-5-10-16/h6-8,11-16H,2-5,9-10H2,1H3,(H,23,25)(H,24,26). The molecule has 2 aromatic carbocycles. The fraction of sp³-hybridized carbons (Fsp3) is 0.364. The van der Waals surface area contributed by atoms with E-state index in [4.69, 9.17) is 4.74 Å². The summed E-state index contributed by atoms with van der Waals surface area (Å²) in [4.78, 5) is 25.1. The predicted octanol–water partition coefficient (Wildman–Crippen LogP) is 4.86. The molecule has 5 nitrogen and oxygen atoms in total. The third-order valence-corrected chi connectivity index (χ3v) is 4.80. The molecule has 1 saturated carbocycles. The molecule has 142 valence electrons. The number of carbonyl (C=O) groups excluding carboxylic acids is 2. The summed E-state index contributed by atoms with van der Waals surface area (Å²) in [6.45, 7) is 2.42. The third kappa shape index (κ3) is 5.09. The Hall–Kier alpha value is -2.82. The lowest BCUT2D eigenvalue weighted by atomic mass is 9.88. The number of ether oxygens (including phenoxy) is 1. The number of rotatable bonds is 6. The van der Waals surface area contributed by atoms with Crippen molar-refractivity contribution in [1.82, 2.24) is 0 Å². The van der Waals surface area contributed by atoms with Gasteiger partial charge in [-0.25, -0.2) is 0 Å². The van der Waals surface area contributed by atoms with Gasteiger partial charge in [0.05, 0.1) is 12.3 Å². The van der Waals surface area contributed by atoms with E-state index < -0.39 is 0 Å². The van der Waals surface area contributed by atoms with Crippen LogP contribution in [0.5, 0.6) is 5.75 Å². The lowest BCUT2D eigenvalue weighted by molar-refractivity contribution is -0.120.